The number of benzene rings is 1. The van der Waals surface area contributed by atoms with Gasteiger partial charge in [-0.3, -0.25) is 0 Å². The number of imidazole rings is 1. The summed E-state index contributed by atoms with van der Waals surface area (Å²) in [4.78, 5) is 7.23. The molecule has 3 rings (SSSR count). The van der Waals surface area contributed by atoms with Crippen LogP contribution in [0.25, 0.3) is 22.4 Å². The van der Waals surface area contributed by atoms with Gasteiger partial charge in [-0.1, -0.05) is 6.07 Å². The molecule has 3 aromatic rings. The Kier molecular flexibility index (Phi) is 2.07. The average Bonchev–Trinajstić information content (AvgIpc) is 2.84. The zero-order valence-corrected chi connectivity index (χ0v) is 9.58. The van der Waals surface area contributed by atoms with Crippen LogP contribution in [-0.2, 0) is 0 Å². The molecule has 0 atom stereocenters. The van der Waals surface area contributed by atoms with Crippen molar-refractivity contribution >= 4 is 27.0 Å². The highest BCUT2D eigenvalue weighted by atomic mass is 79.9. The van der Waals surface area contributed by atoms with Gasteiger partial charge in [-0.2, -0.15) is 0 Å². The number of hydrogen-bond donors (Lipinski definition) is 1. The SMILES string of the molecule is Fc1cccc2[nH]c(-c3ccoc3Br)nc12. The molecule has 0 amide bonds. The van der Waals surface area contributed by atoms with Crippen molar-refractivity contribution in [3.63, 3.8) is 0 Å². The maximum absolute atomic E-state index is 13.4. The minimum atomic E-state index is -0.334. The molecule has 0 radical (unpaired) electrons. The molecule has 0 bridgehead atoms. The van der Waals surface area contributed by atoms with Crippen LogP contribution >= 0.6 is 15.9 Å². The Labute approximate surface area is 98.4 Å². The average molecular weight is 281 g/mol. The molecule has 3 nitrogen and oxygen atoms in total. The summed E-state index contributed by atoms with van der Waals surface area (Å²) in [6, 6.07) is 6.57. The summed E-state index contributed by atoms with van der Waals surface area (Å²) < 4.78 is 19.1. The van der Waals surface area contributed by atoms with Crippen molar-refractivity contribution in [2.24, 2.45) is 0 Å². The standard InChI is InChI=1S/C11H6BrFN2O/c12-10-6(4-5-16-10)11-14-8-3-1-2-7(13)9(8)15-11/h1-5H,(H,14,15). The first-order chi connectivity index (χ1) is 7.75. The number of hydrogen-bond acceptors (Lipinski definition) is 2. The molecule has 0 saturated carbocycles. The van der Waals surface area contributed by atoms with Crippen LogP contribution in [0.5, 0.6) is 0 Å². The predicted molar refractivity (Wildman–Crippen MR) is 61.5 cm³/mol. The van der Waals surface area contributed by atoms with E-state index in [9.17, 15) is 4.39 Å². The molecule has 0 saturated heterocycles. The molecule has 0 spiro atoms. The second-order valence-electron chi connectivity index (χ2n) is 3.33. The lowest BCUT2D eigenvalue weighted by Crippen LogP contribution is -1.77. The third kappa shape index (κ3) is 1.36. The van der Waals surface area contributed by atoms with Crippen molar-refractivity contribution < 1.29 is 8.81 Å². The van der Waals surface area contributed by atoms with E-state index in [4.69, 9.17) is 4.42 Å². The van der Waals surface area contributed by atoms with Crippen molar-refractivity contribution in [2.75, 3.05) is 0 Å². The lowest BCUT2D eigenvalue weighted by Gasteiger charge is -1.89. The molecule has 1 aromatic carbocycles. The molecule has 2 aromatic heterocycles. The van der Waals surface area contributed by atoms with Crippen molar-refractivity contribution in [2.45, 2.75) is 0 Å². The first-order valence-corrected chi connectivity index (χ1v) is 5.42. The van der Waals surface area contributed by atoms with Gasteiger partial charge in [0.25, 0.3) is 0 Å². The first kappa shape index (κ1) is 9.59. The van der Waals surface area contributed by atoms with E-state index in [1.165, 1.54) is 6.07 Å². The van der Waals surface area contributed by atoms with Gasteiger partial charge in [-0.25, -0.2) is 9.37 Å². The Morgan fingerprint density at radius 3 is 2.88 bits per heavy atom. The highest BCUT2D eigenvalue weighted by Crippen LogP contribution is 2.29. The maximum atomic E-state index is 13.4. The summed E-state index contributed by atoms with van der Waals surface area (Å²) in [6.45, 7) is 0. The number of halogens is 2. The number of para-hydroxylation sites is 1. The molecule has 0 aliphatic heterocycles. The van der Waals surface area contributed by atoms with Gasteiger partial charge in [0.1, 0.15) is 11.3 Å². The molecular weight excluding hydrogens is 275 g/mol. The minimum Gasteiger partial charge on any atom is -0.457 e. The summed E-state index contributed by atoms with van der Waals surface area (Å²) in [7, 11) is 0. The van der Waals surface area contributed by atoms with Crippen molar-refractivity contribution in [3.8, 4) is 11.4 Å². The van der Waals surface area contributed by atoms with E-state index >= 15 is 0 Å². The van der Waals surface area contributed by atoms with Gasteiger partial charge in [0.05, 0.1) is 17.3 Å². The molecular formula is C11H6BrFN2O. The van der Waals surface area contributed by atoms with Crippen LogP contribution in [0.15, 0.2) is 39.6 Å². The first-order valence-electron chi connectivity index (χ1n) is 4.63. The molecule has 2 heterocycles. The van der Waals surface area contributed by atoms with E-state index in [1.807, 2.05) is 0 Å². The quantitative estimate of drug-likeness (QED) is 0.738. The van der Waals surface area contributed by atoms with Crippen LogP contribution in [0.1, 0.15) is 0 Å². The zero-order valence-electron chi connectivity index (χ0n) is 8.00. The summed E-state index contributed by atoms with van der Waals surface area (Å²) in [5.41, 5.74) is 1.78. The van der Waals surface area contributed by atoms with E-state index in [2.05, 4.69) is 25.9 Å². The predicted octanol–water partition coefficient (Wildman–Crippen LogP) is 3.72. The highest BCUT2D eigenvalue weighted by molar-refractivity contribution is 9.10. The number of fused-ring (bicyclic) bond motifs is 1. The Balaban J connectivity index is 2.27. The van der Waals surface area contributed by atoms with Gasteiger partial charge in [-0.05, 0) is 34.1 Å². The number of nitrogens with one attached hydrogen (secondary N) is 1. The second-order valence-corrected chi connectivity index (χ2v) is 4.05. The van der Waals surface area contributed by atoms with E-state index in [1.54, 1.807) is 24.5 Å². The van der Waals surface area contributed by atoms with Crippen molar-refractivity contribution in [3.05, 3.63) is 41.0 Å². The molecule has 16 heavy (non-hydrogen) atoms. The van der Waals surface area contributed by atoms with Crippen LogP contribution in [-0.4, -0.2) is 9.97 Å². The lowest BCUT2D eigenvalue weighted by atomic mass is 10.3. The van der Waals surface area contributed by atoms with Crippen LogP contribution in [0.2, 0.25) is 0 Å². The number of H-pyrrole nitrogens is 1. The smallest absolute Gasteiger partial charge is 0.179 e. The van der Waals surface area contributed by atoms with Crippen molar-refractivity contribution in [1.82, 2.24) is 9.97 Å². The molecule has 1 N–H and O–H groups in total. The van der Waals surface area contributed by atoms with Crippen molar-refractivity contribution in [1.29, 1.82) is 0 Å². The van der Waals surface area contributed by atoms with Gasteiger partial charge >= 0.3 is 0 Å². The maximum Gasteiger partial charge on any atom is 0.179 e. The Morgan fingerprint density at radius 2 is 2.19 bits per heavy atom. The third-order valence-corrected chi connectivity index (χ3v) is 2.95. The lowest BCUT2D eigenvalue weighted by molar-refractivity contribution is 0.542. The summed E-state index contributed by atoms with van der Waals surface area (Å²) in [6.07, 6.45) is 1.54. The van der Waals surface area contributed by atoms with Crippen LogP contribution in [0.4, 0.5) is 4.39 Å². The van der Waals surface area contributed by atoms with Crippen LogP contribution in [0, 0.1) is 5.82 Å². The fourth-order valence-electron chi connectivity index (χ4n) is 1.59. The third-order valence-electron chi connectivity index (χ3n) is 2.34. The Bertz CT molecular complexity index is 659. The number of aromatic nitrogens is 2. The van der Waals surface area contributed by atoms with E-state index < -0.39 is 0 Å². The highest BCUT2D eigenvalue weighted by Gasteiger charge is 2.12. The Morgan fingerprint density at radius 1 is 1.31 bits per heavy atom. The summed E-state index contributed by atoms with van der Waals surface area (Å²) in [5.74, 6) is 0.250. The van der Waals surface area contributed by atoms with Crippen LogP contribution in [0.3, 0.4) is 0 Å². The van der Waals surface area contributed by atoms with Gasteiger partial charge in [0.2, 0.25) is 0 Å². The second kappa shape index (κ2) is 3.45. The molecule has 0 fully saturated rings. The fraction of sp³-hybridized carbons (Fsp3) is 0. The number of rotatable bonds is 1. The summed E-state index contributed by atoms with van der Waals surface area (Å²) >= 11 is 3.26. The van der Waals surface area contributed by atoms with Crippen LogP contribution < -0.4 is 0 Å². The van der Waals surface area contributed by atoms with Gasteiger partial charge < -0.3 is 9.40 Å². The summed E-state index contributed by atoms with van der Waals surface area (Å²) in [5, 5.41) is 0. The van der Waals surface area contributed by atoms with E-state index in [0.29, 0.717) is 21.5 Å². The number of nitrogens with zero attached hydrogens (tertiary/aromatic N) is 1. The molecule has 0 unspecified atom stereocenters. The Hall–Kier alpha value is -1.62. The molecule has 5 heteroatoms. The van der Waals surface area contributed by atoms with E-state index in [0.717, 1.165) is 5.56 Å². The van der Waals surface area contributed by atoms with Gasteiger partial charge in [0.15, 0.2) is 10.5 Å². The monoisotopic (exact) mass is 280 g/mol. The fourth-order valence-corrected chi connectivity index (χ4v) is 2.02. The van der Waals surface area contributed by atoms with Gasteiger partial charge in [0, 0.05) is 0 Å². The normalized spacial score (nSPS) is 11.1. The van der Waals surface area contributed by atoms with Gasteiger partial charge in [-0.15, -0.1) is 0 Å². The zero-order chi connectivity index (χ0) is 11.1. The minimum absolute atomic E-state index is 0.334. The van der Waals surface area contributed by atoms with E-state index in [-0.39, 0.29) is 5.82 Å². The number of furan rings is 1. The number of aromatic amines is 1. The molecule has 0 aliphatic rings. The molecule has 80 valence electrons. The largest absolute Gasteiger partial charge is 0.457 e. The topological polar surface area (TPSA) is 41.8 Å². The molecule has 0 aliphatic carbocycles.